The Morgan fingerprint density at radius 1 is 1.10 bits per heavy atom. The van der Waals surface area contributed by atoms with Crippen molar-refractivity contribution in [2.75, 3.05) is 6.61 Å². The third kappa shape index (κ3) is 2.79. The summed E-state index contributed by atoms with van der Waals surface area (Å²) in [5.74, 6) is 0.271. The zero-order valence-electron chi connectivity index (χ0n) is 12.4. The molecular weight excluding hydrogens is 248 g/mol. The minimum absolute atomic E-state index is 0.0692. The van der Waals surface area contributed by atoms with Crippen molar-refractivity contribution < 1.29 is 5.11 Å². The number of H-pyrrole nitrogens is 1. The molecule has 2 aromatic rings. The van der Waals surface area contributed by atoms with Gasteiger partial charge in [-0.2, -0.15) is 0 Å². The first-order valence-electron chi connectivity index (χ1n) is 7.17. The highest BCUT2D eigenvalue weighted by atomic mass is 16.3. The number of rotatable bonds is 6. The fourth-order valence-electron chi connectivity index (χ4n) is 2.72. The number of aromatic nitrogens is 1. The van der Waals surface area contributed by atoms with E-state index >= 15 is 0 Å². The molecule has 0 saturated heterocycles. The first-order valence-corrected chi connectivity index (χ1v) is 7.17. The number of hydrogen-bond donors (Lipinski definition) is 3. The predicted molar refractivity (Wildman–Crippen MR) is 82.4 cm³/mol. The zero-order valence-corrected chi connectivity index (χ0v) is 12.4. The highest BCUT2D eigenvalue weighted by Gasteiger charge is 2.36. The highest BCUT2D eigenvalue weighted by molar-refractivity contribution is 5.26. The number of nitrogens with one attached hydrogen (secondary N) is 2. The maximum atomic E-state index is 10.1. The summed E-state index contributed by atoms with van der Waals surface area (Å²) < 4.78 is 0. The molecule has 0 bridgehead atoms. The quantitative estimate of drug-likeness (QED) is 0.756. The number of hydrogen-bond acceptors (Lipinski definition) is 2. The van der Waals surface area contributed by atoms with Gasteiger partial charge < -0.3 is 10.1 Å². The van der Waals surface area contributed by atoms with Crippen LogP contribution in [0.3, 0.4) is 0 Å². The molecule has 0 radical (unpaired) electrons. The van der Waals surface area contributed by atoms with E-state index in [1.54, 1.807) is 0 Å². The summed E-state index contributed by atoms with van der Waals surface area (Å²) in [6.45, 7) is 6.45. The van der Waals surface area contributed by atoms with Gasteiger partial charge in [-0.1, -0.05) is 44.2 Å². The van der Waals surface area contributed by atoms with Crippen molar-refractivity contribution >= 4 is 0 Å². The molecule has 0 amide bonds. The van der Waals surface area contributed by atoms with E-state index in [0.29, 0.717) is 0 Å². The second-order valence-electron chi connectivity index (χ2n) is 5.64. The van der Waals surface area contributed by atoms with Gasteiger partial charge in [-0.25, -0.2) is 0 Å². The molecule has 3 nitrogen and oxygen atoms in total. The number of aliphatic hydroxyl groups excluding tert-OH is 1. The summed E-state index contributed by atoms with van der Waals surface area (Å²) in [5, 5.41) is 13.7. The van der Waals surface area contributed by atoms with Crippen LogP contribution in [0.25, 0.3) is 0 Å². The second kappa shape index (κ2) is 6.25. The normalized spacial score (nSPS) is 16.1. The third-order valence-corrected chi connectivity index (χ3v) is 4.09. The Labute approximate surface area is 121 Å². The van der Waals surface area contributed by atoms with Gasteiger partial charge in [-0.15, -0.1) is 0 Å². The monoisotopic (exact) mass is 272 g/mol. The summed E-state index contributed by atoms with van der Waals surface area (Å²) in [7, 11) is 0. The molecule has 0 spiro atoms. The van der Waals surface area contributed by atoms with Crippen LogP contribution in [-0.2, 0) is 5.54 Å². The lowest BCUT2D eigenvalue weighted by molar-refractivity contribution is 0.105. The van der Waals surface area contributed by atoms with Crippen LogP contribution < -0.4 is 5.32 Å². The van der Waals surface area contributed by atoms with E-state index in [2.05, 4.69) is 49.3 Å². The molecule has 0 saturated carbocycles. The van der Waals surface area contributed by atoms with Crippen molar-refractivity contribution in [1.82, 2.24) is 10.3 Å². The van der Waals surface area contributed by atoms with Crippen molar-refractivity contribution in [3.05, 3.63) is 59.9 Å². The van der Waals surface area contributed by atoms with E-state index in [1.165, 1.54) is 0 Å². The summed E-state index contributed by atoms with van der Waals surface area (Å²) in [6.07, 6.45) is 1.92. The largest absolute Gasteiger partial charge is 0.394 e. The second-order valence-corrected chi connectivity index (χ2v) is 5.64. The minimum atomic E-state index is -0.439. The van der Waals surface area contributed by atoms with Gasteiger partial charge in [0.2, 0.25) is 0 Å². The van der Waals surface area contributed by atoms with Crippen LogP contribution in [-0.4, -0.2) is 16.7 Å². The van der Waals surface area contributed by atoms with Gasteiger partial charge in [-0.3, -0.25) is 5.32 Å². The van der Waals surface area contributed by atoms with Gasteiger partial charge in [0.15, 0.2) is 0 Å². The van der Waals surface area contributed by atoms with Crippen molar-refractivity contribution in [3.8, 4) is 0 Å². The van der Waals surface area contributed by atoms with E-state index in [1.807, 2.05) is 30.5 Å². The predicted octanol–water partition coefficient (Wildman–Crippen LogP) is 3.21. The Kier molecular flexibility index (Phi) is 4.63. The lowest BCUT2D eigenvalue weighted by atomic mass is 9.79. The molecular formula is C17H24N2O. The van der Waals surface area contributed by atoms with E-state index in [-0.39, 0.29) is 18.6 Å². The van der Waals surface area contributed by atoms with Gasteiger partial charge in [0.25, 0.3) is 0 Å². The SMILES string of the molecule is CC(C)[C@](CO)(N[C@@H](C)c1ccc[nH]1)c1ccccc1. The summed E-state index contributed by atoms with van der Waals surface area (Å²) >= 11 is 0. The van der Waals surface area contributed by atoms with Crippen molar-refractivity contribution in [1.29, 1.82) is 0 Å². The molecule has 1 aromatic heterocycles. The molecule has 20 heavy (non-hydrogen) atoms. The lowest BCUT2D eigenvalue weighted by Gasteiger charge is -2.40. The molecule has 1 aromatic carbocycles. The molecule has 0 aliphatic rings. The summed E-state index contributed by atoms with van der Waals surface area (Å²) in [5.41, 5.74) is 1.81. The minimum Gasteiger partial charge on any atom is -0.394 e. The first-order chi connectivity index (χ1) is 9.60. The maximum Gasteiger partial charge on any atom is 0.0697 e. The van der Waals surface area contributed by atoms with Crippen LogP contribution in [0.1, 0.15) is 38.1 Å². The summed E-state index contributed by atoms with van der Waals surface area (Å²) in [4.78, 5) is 3.23. The van der Waals surface area contributed by atoms with Gasteiger partial charge in [0, 0.05) is 17.9 Å². The van der Waals surface area contributed by atoms with E-state index in [9.17, 15) is 5.11 Å². The average Bonchev–Trinajstić information content (AvgIpc) is 2.99. The van der Waals surface area contributed by atoms with Crippen LogP contribution in [0.5, 0.6) is 0 Å². The Hall–Kier alpha value is -1.58. The van der Waals surface area contributed by atoms with Crippen molar-refractivity contribution in [3.63, 3.8) is 0 Å². The zero-order chi connectivity index (χ0) is 14.6. The Morgan fingerprint density at radius 3 is 2.30 bits per heavy atom. The number of aromatic amines is 1. The standard InChI is InChI=1S/C17H24N2O/c1-13(2)17(12-20,15-8-5-4-6-9-15)19-14(3)16-10-7-11-18-16/h4-11,13-14,18-20H,12H2,1-3H3/t14-,17-/m0/s1. The van der Waals surface area contributed by atoms with Crippen LogP contribution in [0.4, 0.5) is 0 Å². The smallest absolute Gasteiger partial charge is 0.0697 e. The van der Waals surface area contributed by atoms with Gasteiger partial charge in [0.05, 0.1) is 12.1 Å². The van der Waals surface area contributed by atoms with Crippen molar-refractivity contribution in [2.45, 2.75) is 32.4 Å². The molecule has 3 N–H and O–H groups in total. The number of benzene rings is 1. The van der Waals surface area contributed by atoms with Crippen LogP contribution in [0, 0.1) is 5.92 Å². The van der Waals surface area contributed by atoms with Crippen LogP contribution >= 0.6 is 0 Å². The maximum absolute atomic E-state index is 10.1. The highest BCUT2D eigenvalue weighted by Crippen LogP contribution is 2.32. The van der Waals surface area contributed by atoms with E-state index < -0.39 is 5.54 Å². The molecule has 0 fully saturated rings. The summed E-state index contributed by atoms with van der Waals surface area (Å²) in [6, 6.07) is 14.4. The Balaban J connectivity index is 2.33. The van der Waals surface area contributed by atoms with Gasteiger partial charge in [-0.05, 0) is 30.5 Å². The van der Waals surface area contributed by atoms with Gasteiger partial charge in [0.1, 0.15) is 0 Å². The fraction of sp³-hybridized carbons (Fsp3) is 0.412. The van der Waals surface area contributed by atoms with Crippen LogP contribution in [0.15, 0.2) is 48.7 Å². The topological polar surface area (TPSA) is 48.0 Å². The molecule has 0 aliphatic carbocycles. The Morgan fingerprint density at radius 2 is 1.80 bits per heavy atom. The van der Waals surface area contributed by atoms with Gasteiger partial charge >= 0.3 is 0 Å². The van der Waals surface area contributed by atoms with Crippen molar-refractivity contribution in [2.24, 2.45) is 5.92 Å². The fourth-order valence-corrected chi connectivity index (χ4v) is 2.72. The molecule has 1 heterocycles. The number of aliphatic hydroxyl groups is 1. The van der Waals surface area contributed by atoms with E-state index in [4.69, 9.17) is 0 Å². The average molecular weight is 272 g/mol. The molecule has 0 aliphatic heterocycles. The van der Waals surface area contributed by atoms with E-state index in [0.717, 1.165) is 11.3 Å². The molecule has 2 atom stereocenters. The molecule has 108 valence electrons. The molecule has 0 unspecified atom stereocenters. The molecule has 3 heteroatoms. The molecule has 2 rings (SSSR count). The third-order valence-electron chi connectivity index (χ3n) is 4.09. The lowest BCUT2D eigenvalue weighted by Crippen LogP contribution is -2.50. The Bertz CT molecular complexity index is 507. The van der Waals surface area contributed by atoms with Crippen LogP contribution in [0.2, 0.25) is 0 Å². The first kappa shape index (κ1) is 14.8.